The van der Waals surface area contributed by atoms with Crippen molar-refractivity contribution in [2.75, 3.05) is 32.7 Å². The fourth-order valence-electron chi connectivity index (χ4n) is 5.67. The van der Waals surface area contributed by atoms with Crippen LogP contribution in [0.4, 0.5) is 0 Å². The number of nitrogens with one attached hydrogen (secondary N) is 2. The molecular formula is C27H47ClN4O2S. The number of hydrogen-bond donors (Lipinski definition) is 2. The SMILES string of the molecule is C.CC(C)[C@@H](NC1NC(CN2CCCC2)=CS1)C(=O)N1CCC(C2=CCC(Cl)C=C2)C(C)(C)C1.O. The van der Waals surface area contributed by atoms with Crippen LogP contribution in [0.15, 0.2) is 34.9 Å². The number of thioether (sulfide) groups is 1. The topological polar surface area (TPSA) is 79.1 Å². The zero-order valence-electron chi connectivity index (χ0n) is 21.1. The van der Waals surface area contributed by atoms with Crippen molar-refractivity contribution < 1.29 is 10.3 Å². The van der Waals surface area contributed by atoms with Gasteiger partial charge in [0.25, 0.3) is 0 Å². The molecule has 1 aliphatic carbocycles. The Morgan fingerprint density at radius 2 is 2.00 bits per heavy atom. The van der Waals surface area contributed by atoms with Gasteiger partial charge in [-0.2, -0.15) is 0 Å². The molecule has 0 aromatic heterocycles. The Kier molecular flexibility index (Phi) is 11.2. The minimum absolute atomic E-state index is 0. The summed E-state index contributed by atoms with van der Waals surface area (Å²) in [4.78, 5) is 18.3. The summed E-state index contributed by atoms with van der Waals surface area (Å²) in [6.45, 7) is 13.9. The normalized spacial score (nSPS) is 29.1. The summed E-state index contributed by atoms with van der Waals surface area (Å²) in [6.07, 6.45) is 11.1. The van der Waals surface area contributed by atoms with Gasteiger partial charge in [0.1, 0.15) is 5.50 Å². The van der Waals surface area contributed by atoms with Crippen molar-refractivity contribution in [1.29, 1.82) is 0 Å². The number of alkyl halides is 1. The van der Waals surface area contributed by atoms with Crippen LogP contribution in [0.25, 0.3) is 0 Å². The van der Waals surface area contributed by atoms with E-state index in [4.69, 9.17) is 11.6 Å². The van der Waals surface area contributed by atoms with Crippen LogP contribution in [-0.4, -0.2) is 70.8 Å². The average molecular weight is 527 g/mol. The van der Waals surface area contributed by atoms with E-state index in [1.807, 2.05) is 0 Å². The standard InChI is InChI=1S/C26H41ClN4OS.CH4.H2O/c1-18(2)23(29-25-28-21(16-33-25)15-30-12-5-6-13-30)24(32)31-14-11-22(26(3,4)17-31)19-7-9-20(27)10-8-19;;/h7-9,16,18,20,22-23,25,28-29H,5-6,10-15,17H2,1-4H3;1H4;1H2/t20?,22?,23-,25?;;/m1../s1. The second kappa shape index (κ2) is 13.0. The van der Waals surface area contributed by atoms with E-state index in [1.54, 1.807) is 11.8 Å². The number of hydrogen-bond acceptors (Lipinski definition) is 5. The third kappa shape index (κ3) is 7.51. The number of amides is 1. The Labute approximate surface area is 222 Å². The lowest BCUT2D eigenvalue weighted by Gasteiger charge is -2.46. The number of carbonyl (C=O) groups is 1. The third-order valence-electron chi connectivity index (χ3n) is 7.54. The highest BCUT2D eigenvalue weighted by atomic mass is 35.5. The Balaban J connectivity index is 0.00000216. The van der Waals surface area contributed by atoms with Crippen molar-refractivity contribution in [2.24, 2.45) is 17.3 Å². The number of nitrogens with zero attached hydrogens (tertiary/aromatic N) is 2. The lowest BCUT2D eigenvalue weighted by atomic mass is 9.69. The van der Waals surface area contributed by atoms with Gasteiger partial charge in [-0.25, -0.2) is 0 Å². The van der Waals surface area contributed by atoms with Crippen molar-refractivity contribution in [3.63, 3.8) is 0 Å². The fourth-order valence-corrected chi connectivity index (χ4v) is 6.72. The van der Waals surface area contributed by atoms with E-state index in [0.717, 1.165) is 32.5 Å². The second-order valence-electron chi connectivity index (χ2n) is 11.1. The molecule has 4 rings (SSSR count). The van der Waals surface area contributed by atoms with Crippen LogP contribution in [0.5, 0.6) is 0 Å². The first-order chi connectivity index (χ1) is 15.7. The highest BCUT2D eigenvalue weighted by molar-refractivity contribution is 8.02. The molecule has 4 atom stereocenters. The molecule has 2 saturated heterocycles. The predicted molar refractivity (Wildman–Crippen MR) is 150 cm³/mol. The summed E-state index contributed by atoms with van der Waals surface area (Å²) < 4.78 is 0. The Morgan fingerprint density at radius 3 is 2.60 bits per heavy atom. The van der Waals surface area contributed by atoms with Gasteiger partial charge < -0.3 is 15.7 Å². The lowest BCUT2D eigenvalue weighted by molar-refractivity contribution is -0.138. The summed E-state index contributed by atoms with van der Waals surface area (Å²) in [5.41, 5.74) is 2.76. The monoisotopic (exact) mass is 526 g/mol. The highest BCUT2D eigenvalue weighted by Gasteiger charge is 2.41. The van der Waals surface area contributed by atoms with Gasteiger partial charge >= 0.3 is 0 Å². The molecule has 6 nitrogen and oxygen atoms in total. The van der Waals surface area contributed by atoms with Gasteiger partial charge in [0.15, 0.2) is 0 Å². The first-order valence-corrected chi connectivity index (χ1v) is 14.0. The third-order valence-corrected chi connectivity index (χ3v) is 8.81. The molecule has 1 amide bonds. The van der Waals surface area contributed by atoms with Gasteiger partial charge in [-0.15, -0.1) is 11.6 Å². The van der Waals surface area contributed by atoms with E-state index in [0.29, 0.717) is 5.92 Å². The smallest absolute Gasteiger partial charge is 0.240 e. The summed E-state index contributed by atoms with van der Waals surface area (Å²) in [5.74, 6) is 0.936. The molecule has 0 bridgehead atoms. The number of rotatable bonds is 7. The molecular weight excluding hydrogens is 480 g/mol. The van der Waals surface area contributed by atoms with Crippen molar-refractivity contribution in [2.45, 2.75) is 77.7 Å². The molecule has 3 heterocycles. The van der Waals surface area contributed by atoms with E-state index < -0.39 is 0 Å². The maximum absolute atomic E-state index is 13.7. The summed E-state index contributed by atoms with van der Waals surface area (Å²) >= 11 is 7.99. The maximum atomic E-state index is 13.7. The predicted octanol–water partition coefficient (Wildman–Crippen LogP) is 4.34. The van der Waals surface area contributed by atoms with Crippen LogP contribution in [0.3, 0.4) is 0 Å². The molecule has 4 N–H and O–H groups in total. The number of carbonyl (C=O) groups excluding carboxylic acids is 1. The van der Waals surface area contributed by atoms with E-state index in [2.05, 4.69) is 71.8 Å². The van der Waals surface area contributed by atoms with Crippen LogP contribution in [-0.2, 0) is 4.79 Å². The number of halogens is 1. The fraction of sp³-hybridized carbons (Fsp3) is 0.741. The van der Waals surface area contributed by atoms with E-state index in [1.165, 1.54) is 37.2 Å². The van der Waals surface area contributed by atoms with E-state index in [-0.39, 0.29) is 47.1 Å². The maximum Gasteiger partial charge on any atom is 0.240 e. The molecule has 0 aromatic carbocycles. The summed E-state index contributed by atoms with van der Waals surface area (Å²) in [5, 5.41) is 9.57. The van der Waals surface area contributed by atoms with Gasteiger partial charge in [0, 0.05) is 25.3 Å². The molecule has 8 heteroatoms. The lowest BCUT2D eigenvalue weighted by Crippen LogP contribution is -2.58. The molecule has 35 heavy (non-hydrogen) atoms. The quantitative estimate of drug-likeness (QED) is 0.482. The van der Waals surface area contributed by atoms with Crippen molar-refractivity contribution in [3.05, 3.63) is 34.9 Å². The van der Waals surface area contributed by atoms with Crippen LogP contribution in [0.2, 0.25) is 0 Å². The van der Waals surface area contributed by atoms with Gasteiger partial charge in [-0.3, -0.25) is 15.0 Å². The van der Waals surface area contributed by atoms with Crippen molar-refractivity contribution >= 4 is 29.3 Å². The summed E-state index contributed by atoms with van der Waals surface area (Å²) in [6, 6.07) is -0.187. The molecule has 0 spiro atoms. The van der Waals surface area contributed by atoms with Crippen LogP contribution in [0, 0.1) is 17.3 Å². The molecule has 4 aliphatic rings. The second-order valence-corrected chi connectivity index (χ2v) is 12.6. The molecule has 200 valence electrons. The first-order valence-electron chi connectivity index (χ1n) is 12.6. The van der Waals surface area contributed by atoms with Crippen LogP contribution < -0.4 is 10.6 Å². The Morgan fingerprint density at radius 1 is 1.29 bits per heavy atom. The Bertz CT molecular complexity index is 807. The molecule has 3 aliphatic heterocycles. The van der Waals surface area contributed by atoms with Crippen LogP contribution in [0.1, 0.15) is 60.8 Å². The highest BCUT2D eigenvalue weighted by Crippen LogP contribution is 2.41. The van der Waals surface area contributed by atoms with Crippen LogP contribution >= 0.6 is 23.4 Å². The number of likely N-dealkylation sites (tertiary alicyclic amines) is 2. The van der Waals surface area contributed by atoms with E-state index in [9.17, 15) is 4.79 Å². The molecule has 3 unspecified atom stereocenters. The molecule has 0 aromatic rings. The Hall–Kier alpha value is -0.990. The summed E-state index contributed by atoms with van der Waals surface area (Å²) in [7, 11) is 0. The molecule has 2 fully saturated rings. The van der Waals surface area contributed by atoms with Gasteiger partial charge in [-0.05, 0) is 67.0 Å². The first kappa shape index (κ1) is 30.2. The number of piperidine rings is 1. The molecule has 0 saturated carbocycles. The largest absolute Gasteiger partial charge is 0.412 e. The van der Waals surface area contributed by atoms with Crippen molar-refractivity contribution in [1.82, 2.24) is 20.4 Å². The van der Waals surface area contributed by atoms with Gasteiger partial charge in [0.2, 0.25) is 5.91 Å². The van der Waals surface area contributed by atoms with Gasteiger partial charge in [0.05, 0.1) is 11.4 Å². The minimum Gasteiger partial charge on any atom is -0.412 e. The number of allylic oxidation sites excluding steroid dienone is 4. The van der Waals surface area contributed by atoms with Crippen molar-refractivity contribution in [3.8, 4) is 0 Å². The minimum atomic E-state index is -0.187. The van der Waals surface area contributed by atoms with E-state index >= 15 is 0 Å². The van der Waals surface area contributed by atoms with Gasteiger partial charge in [-0.1, -0.05) is 65.1 Å². The molecule has 0 radical (unpaired) electrons. The zero-order valence-corrected chi connectivity index (χ0v) is 22.7. The zero-order chi connectivity index (χ0) is 23.6. The average Bonchev–Trinajstić information content (AvgIpc) is 3.44.